The van der Waals surface area contributed by atoms with Gasteiger partial charge in [0, 0.05) is 19.5 Å². The van der Waals surface area contributed by atoms with Gasteiger partial charge in [-0.2, -0.15) is 9.90 Å². The SMILES string of the molecule is P.[CH-]=O.[Rh]. The first kappa shape index (κ1) is 22.0. The molecule has 0 aromatic rings. The minimum absolute atomic E-state index is 0. The van der Waals surface area contributed by atoms with Crippen molar-refractivity contribution in [2.75, 3.05) is 0 Å². The zero-order chi connectivity index (χ0) is 2.00. The van der Waals surface area contributed by atoms with Crippen LogP contribution in [0.3, 0.4) is 0 Å². The third-order valence-corrected chi connectivity index (χ3v) is 0. The van der Waals surface area contributed by atoms with Crippen molar-refractivity contribution in [3.05, 3.63) is 0 Å². The van der Waals surface area contributed by atoms with Gasteiger partial charge in [0.1, 0.15) is 0 Å². The second-order valence-electron chi connectivity index (χ2n) is 0. The van der Waals surface area contributed by atoms with E-state index in [0.29, 0.717) is 0 Å². The Labute approximate surface area is 41.5 Å². The van der Waals surface area contributed by atoms with Crippen LogP contribution in [0.4, 0.5) is 0 Å². The molecule has 0 saturated carbocycles. The summed E-state index contributed by atoms with van der Waals surface area (Å²) >= 11 is 0. The summed E-state index contributed by atoms with van der Waals surface area (Å²) in [4.78, 5) is 7.75. The predicted octanol–water partition coefficient (Wildman–Crippen LogP) is -0.219. The molecule has 0 aliphatic rings. The molecule has 1 radical (unpaired) electrons. The molecule has 0 aromatic heterocycles. The molecule has 0 bridgehead atoms. The van der Waals surface area contributed by atoms with E-state index in [0.717, 1.165) is 0 Å². The average molecular weight is 166 g/mol. The number of carbonyl (C=O) groups excluding carboxylic acids is 1. The van der Waals surface area contributed by atoms with Gasteiger partial charge < -0.3 is 4.79 Å². The van der Waals surface area contributed by atoms with Crippen molar-refractivity contribution < 1.29 is 24.3 Å². The van der Waals surface area contributed by atoms with Crippen LogP contribution < -0.4 is 0 Å². The van der Waals surface area contributed by atoms with Gasteiger partial charge in [-0.15, -0.1) is 0 Å². The van der Waals surface area contributed by atoms with Crippen LogP contribution in [0, 0.1) is 0 Å². The Bertz CT molecular complexity index is 8.00. The van der Waals surface area contributed by atoms with Crippen molar-refractivity contribution in [2.45, 2.75) is 0 Å². The van der Waals surface area contributed by atoms with Gasteiger partial charge >= 0.3 is 0 Å². The molecule has 1 nitrogen and oxygen atoms in total. The molecule has 0 saturated heterocycles. The summed E-state index contributed by atoms with van der Waals surface area (Å²) < 4.78 is 0. The molecule has 0 fully saturated rings. The van der Waals surface area contributed by atoms with Crippen LogP contribution in [-0.2, 0) is 24.3 Å². The molecule has 0 aliphatic carbocycles. The second-order valence-corrected chi connectivity index (χ2v) is 0. The van der Waals surface area contributed by atoms with E-state index in [2.05, 4.69) is 6.79 Å². The summed E-state index contributed by atoms with van der Waals surface area (Å²) in [5.74, 6) is 0. The van der Waals surface area contributed by atoms with Crippen LogP contribution in [0.15, 0.2) is 0 Å². The Kier molecular flexibility index (Phi) is 291. The first-order valence-electron chi connectivity index (χ1n) is 0.236. The summed E-state index contributed by atoms with van der Waals surface area (Å²) in [5, 5.41) is 0. The standard InChI is InChI=1S/CHO.H3P.Rh/c1-2;;/h1H;1H3;/q-1;;. The third kappa shape index (κ3) is 15.5. The third-order valence-electron chi connectivity index (χ3n) is 0. The van der Waals surface area contributed by atoms with Crippen LogP contribution in [0.2, 0.25) is 0 Å². The van der Waals surface area contributed by atoms with Crippen molar-refractivity contribution >= 4 is 16.7 Å². The fourth-order valence-corrected chi connectivity index (χ4v) is 0. The zero-order valence-electron chi connectivity index (χ0n) is 2.03. The van der Waals surface area contributed by atoms with Crippen molar-refractivity contribution in [1.29, 1.82) is 0 Å². The van der Waals surface area contributed by atoms with Crippen LogP contribution in [0.25, 0.3) is 0 Å². The summed E-state index contributed by atoms with van der Waals surface area (Å²) in [6.45, 7) is 3.25. The number of hydrogen-bond donors (Lipinski definition) is 0. The van der Waals surface area contributed by atoms with E-state index >= 15 is 0 Å². The number of rotatable bonds is 0. The predicted molar refractivity (Wildman–Crippen MR) is 17.9 cm³/mol. The summed E-state index contributed by atoms with van der Waals surface area (Å²) in [6, 6.07) is 0. The van der Waals surface area contributed by atoms with Gasteiger partial charge in [0.05, 0.1) is 0 Å². The van der Waals surface area contributed by atoms with E-state index in [4.69, 9.17) is 4.79 Å². The molecule has 0 aliphatic heterocycles. The maximum atomic E-state index is 7.75. The normalized spacial score (nSPS) is 1.00. The van der Waals surface area contributed by atoms with Gasteiger partial charge in [-0.3, -0.25) is 6.79 Å². The van der Waals surface area contributed by atoms with E-state index in [1.165, 1.54) is 0 Å². The monoisotopic (exact) mass is 166 g/mol. The van der Waals surface area contributed by atoms with E-state index in [1.807, 2.05) is 0 Å². The fourth-order valence-electron chi connectivity index (χ4n) is 0. The van der Waals surface area contributed by atoms with Crippen LogP contribution in [0.1, 0.15) is 0 Å². The maximum Gasteiger partial charge on any atom is 0 e. The van der Waals surface area contributed by atoms with Gasteiger partial charge in [-0.05, 0) is 0 Å². The van der Waals surface area contributed by atoms with E-state index in [9.17, 15) is 0 Å². The van der Waals surface area contributed by atoms with Crippen molar-refractivity contribution in [2.24, 2.45) is 0 Å². The van der Waals surface area contributed by atoms with Gasteiger partial charge in [-0.25, -0.2) is 0 Å². The molecule has 1 atom stereocenters. The largest absolute Gasteiger partial charge is 0.545 e. The Morgan fingerprint density at radius 1 is 1.25 bits per heavy atom. The minimum atomic E-state index is 0. The van der Waals surface area contributed by atoms with E-state index in [1.54, 1.807) is 0 Å². The topological polar surface area (TPSA) is 17.1 Å². The molecule has 1 unspecified atom stereocenters. The first-order valence-corrected chi connectivity index (χ1v) is 0.236. The summed E-state index contributed by atoms with van der Waals surface area (Å²) in [6.07, 6.45) is 0. The Hall–Kier alpha value is 0.723. The smallest absolute Gasteiger partial charge is 0 e. The quantitative estimate of drug-likeness (QED) is 0.210. The molecule has 0 aromatic carbocycles. The molecule has 0 spiro atoms. The van der Waals surface area contributed by atoms with Crippen LogP contribution in [-0.4, -0.2) is 6.79 Å². The Morgan fingerprint density at radius 2 is 1.25 bits per heavy atom. The van der Waals surface area contributed by atoms with Gasteiger partial charge in [-0.1, -0.05) is 0 Å². The van der Waals surface area contributed by atoms with E-state index in [-0.39, 0.29) is 29.4 Å². The Morgan fingerprint density at radius 3 is 1.25 bits per heavy atom. The second kappa shape index (κ2) is 52.8. The molecule has 29 valence electrons. The molecule has 3 heteroatoms. The van der Waals surface area contributed by atoms with Gasteiger partial charge in [0.2, 0.25) is 0 Å². The van der Waals surface area contributed by atoms with Crippen LogP contribution in [0.5, 0.6) is 0 Å². The average Bonchev–Trinajstić information content (AvgIpc) is 1.00. The van der Waals surface area contributed by atoms with Crippen LogP contribution >= 0.6 is 9.90 Å². The molecule has 0 N–H and O–H groups in total. The maximum absolute atomic E-state index is 7.75. The first-order chi connectivity index (χ1) is 1.00. The van der Waals surface area contributed by atoms with Gasteiger partial charge in [0.25, 0.3) is 0 Å². The molecule has 4 heavy (non-hydrogen) atoms. The van der Waals surface area contributed by atoms with Gasteiger partial charge in [0.15, 0.2) is 0 Å². The van der Waals surface area contributed by atoms with Crippen molar-refractivity contribution in [3.8, 4) is 0 Å². The molecule has 0 heterocycles. The fraction of sp³-hybridized carbons (Fsp3) is 0. The zero-order valence-corrected chi connectivity index (χ0v) is 5.08. The molecular weight excluding hydrogens is 162 g/mol. The van der Waals surface area contributed by atoms with E-state index < -0.39 is 0 Å². The molecule has 0 amide bonds. The molecule has 0 rings (SSSR count). The van der Waals surface area contributed by atoms with Crippen molar-refractivity contribution in [3.63, 3.8) is 0 Å². The summed E-state index contributed by atoms with van der Waals surface area (Å²) in [5.41, 5.74) is 0. The molecular formula is CH4OPRh-. The van der Waals surface area contributed by atoms with Crippen molar-refractivity contribution in [1.82, 2.24) is 0 Å². The Balaban J connectivity index is -0.00000000500. The number of hydrogen-bond acceptors (Lipinski definition) is 1. The minimum Gasteiger partial charge on any atom is -0.545 e. The summed E-state index contributed by atoms with van der Waals surface area (Å²) in [7, 11) is 0.